The van der Waals surface area contributed by atoms with E-state index in [-0.39, 0.29) is 5.91 Å². The molecule has 1 aliphatic heterocycles. The van der Waals surface area contributed by atoms with Crippen LogP contribution in [0, 0.1) is 6.92 Å². The lowest BCUT2D eigenvalue weighted by molar-refractivity contribution is -0.117. The molecule has 3 aromatic heterocycles. The number of aryl methyl sites for hydroxylation is 1. The Morgan fingerprint density at radius 2 is 1.93 bits per heavy atom. The number of furan rings is 1. The van der Waals surface area contributed by atoms with Gasteiger partial charge in [0.15, 0.2) is 11.6 Å². The predicted octanol–water partition coefficient (Wildman–Crippen LogP) is 2.29. The Balaban J connectivity index is 1.57. The zero-order valence-electron chi connectivity index (χ0n) is 16.6. The molecule has 0 radical (unpaired) electrons. The van der Waals surface area contributed by atoms with Gasteiger partial charge in [-0.3, -0.25) is 14.7 Å². The SMILES string of the molecule is Cc1ccc(-c2nc(NC(=O)CN3CCN(C)CC3)cc(-c3ccccn3)n2)o1. The van der Waals surface area contributed by atoms with Gasteiger partial charge in [0.05, 0.1) is 17.9 Å². The summed E-state index contributed by atoms with van der Waals surface area (Å²) in [5.41, 5.74) is 1.33. The second-order valence-corrected chi connectivity index (χ2v) is 7.21. The second kappa shape index (κ2) is 8.50. The first-order chi connectivity index (χ1) is 14.1. The number of pyridine rings is 1. The van der Waals surface area contributed by atoms with Crippen LogP contribution in [0.25, 0.3) is 23.0 Å². The summed E-state index contributed by atoms with van der Waals surface area (Å²) in [6.07, 6.45) is 1.71. The molecule has 0 saturated carbocycles. The minimum atomic E-state index is -0.0956. The standard InChI is InChI=1S/C21H24N6O2/c1-15-6-7-18(29-15)21-23-17(16-5-3-4-8-22-16)13-19(25-21)24-20(28)14-27-11-9-26(2)10-12-27/h3-8,13H,9-12,14H2,1-2H3,(H,23,24,25,28). The number of amides is 1. The molecule has 0 spiro atoms. The van der Waals surface area contributed by atoms with Gasteiger partial charge in [-0.2, -0.15) is 0 Å². The van der Waals surface area contributed by atoms with Gasteiger partial charge in [-0.1, -0.05) is 6.07 Å². The molecule has 8 heteroatoms. The highest BCUT2D eigenvalue weighted by molar-refractivity contribution is 5.92. The van der Waals surface area contributed by atoms with Crippen molar-refractivity contribution in [2.45, 2.75) is 6.92 Å². The van der Waals surface area contributed by atoms with E-state index in [1.54, 1.807) is 12.3 Å². The summed E-state index contributed by atoms with van der Waals surface area (Å²) in [6, 6.07) is 11.0. The Labute approximate surface area is 169 Å². The summed E-state index contributed by atoms with van der Waals surface area (Å²) >= 11 is 0. The maximum Gasteiger partial charge on any atom is 0.239 e. The maximum atomic E-state index is 12.6. The quantitative estimate of drug-likeness (QED) is 0.713. The average molecular weight is 392 g/mol. The highest BCUT2D eigenvalue weighted by Crippen LogP contribution is 2.24. The Morgan fingerprint density at radius 3 is 2.62 bits per heavy atom. The lowest BCUT2D eigenvalue weighted by Gasteiger charge is -2.31. The van der Waals surface area contributed by atoms with Crippen LogP contribution in [0.5, 0.6) is 0 Å². The summed E-state index contributed by atoms with van der Waals surface area (Å²) in [6.45, 7) is 5.89. The molecular formula is C21H24N6O2. The number of carbonyl (C=O) groups is 1. The van der Waals surface area contributed by atoms with E-state index >= 15 is 0 Å². The molecular weight excluding hydrogens is 368 g/mol. The van der Waals surface area contributed by atoms with Gasteiger partial charge in [0, 0.05) is 38.4 Å². The van der Waals surface area contributed by atoms with E-state index in [0.717, 1.165) is 31.9 Å². The Morgan fingerprint density at radius 1 is 1.10 bits per heavy atom. The summed E-state index contributed by atoms with van der Waals surface area (Å²) in [7, 11) is 2.09. The van der Waals surface area contributed by atoms with Crippen LogP contribution in [-0.4, -0.2) is 70.4 Å². The third-order valence-electron chi connectivity index (χ3n) is 4.84. The van der Waals surface area contributed by atoms with Crippen molar-refractivity contribution in [2.75, 3.05) is 45.1 Å². The summed E-state index contributed by atoms with van der Waals surface area (Å²) in [4.78, 5) is 30.4. The molecule has 0 aromatic carbocycles. The van der Waals surface area contributed by atoms with Crippen LogP contribution in [0.15, 0.2) is 47.0 Å². The van der Waals surface area contributed by atoms with Gasteiger partial charge in [0.2, 0.25) is 5.91 Å². The number of likely N-dealkylation sites (N-methyl/N-ethyl adjacent to an activating group) is 1. The Hall–Kier alpha value is -3.10. The fourth-order valence-corrected chi connectivity index (χ4v) is 3.21. The largest absolute Gasteiger partial charge is 0.458 e. The molecule has 150 valence electrons. The molecule has 1 aliphatic rings. The molecule has 1 amide bonds. The number of hydrogen-bond acceptors (Lipinski definition) is 7. The third kappa shape index (κ3) is 4.85. The van der Waals surface area contributed by atoms with E-state index in [2.05, 4.69) is 37.1 Å². The number of carbonyl (C=O) groups excluding carboxylic acids is 1. The van der Waals surface area contributed by atoms with Crippen molar-refractivity contribution in [2.24, 2.45) is 0 Å². The van der Waals surface area contributed by atoms with Gasteiger partial charge in [0.25, 0.3) is 0 Å². The number of rotatable bonds is 5. The van der Waals surface area contributed by atoms with Crippen molar-refractivity contribution < 1.29 is 9.21 Å². The lowest BCUT2D eigenvalue weighted by atomic mass is 10.2. The van der Waals surface area contributed by atoms with Crippen LogP contribution in [-0.2, 0) is 4.79 Å². The molecule has 0 bridgehead atoms. The van der Waals surface area contributed by atoms with Gasteiger partial charge < -0.3 is 14.6 Å². The maximum absolute atomic E-state index is 12.6. The molecule has 0 atom stereocenters. The van der Waals surface area contributed by atoms with Crippen LogP contribution in [0.4, 0.5) is 5.82 Å². The minimum Gasteiger partial charge on any atom is -0.458 e. The average Bonchev–Trinajstić information content (AvgIpc) is 3.16. The van der Waals surface area contributed by atoms with E-state index in [1.807, 2.05) is 37.3 Å². The van der Waals surface area contributed by atoms with Crippen molar-refractivity contribution in [3.63, 3.8) is 0 Å². The van der Waals surface area contributed by atoms with E-state index < -0.39 is 0 Å². The first-order valence-electron chi connectivity index (χ1n) is 9.65. The van der Waals surface area contributed by atoms with E-state index in [9.17, 15) is 4.79 Å². The molecule has 29 heavy (non-hydrogen) atoms. The number of hydrogen-bond donors (Lipinski definition) is 1. The third-order valence-corrected chi connectivity index (χ3v) is 4.84. The number of piperazine rings is 1. The van der Waals surface area contributed by atoms with E-state index in [1.165, 1.54) is 0 Å². The molecule has 1 N–H and O–H groups in total. The Kier molecular flexibility index (Phi) is 5.64. The molecule has 1 saturated heterocycles. The van der Waals surface area contributed by atoms with Crippen molar-refractivity contribution in [3.05, 3.63) is 48.4 Å². The zero-order chi connectivity index (χ0) is 20.2. The summed E-state index contributed by atoms with van der Waals surface area (Å²) in [5.74, 6) is 2.07. The van der Waals surface area contributed by atoms with Gasteiger partial charge in [-0.25, -0.2) is 9.97 Å². The van der Waals surface area contributed by atoms with Crippen molar-refractivity contribution in [3.8, 4) is 23.0 Å². The minimum absolute atomic E-state index is 0.0956. The van der Waals surface area contributed by atoms with E-state index in [0.29, 0.717) is 35.3 Å². The topological polar surface area (TPSA) is 87.4 Å². The van der Waals surface area contributed by atoms with Crippen molar-refractivity contribution >= 4 is 11.7 Å². The molecule has 1 fully saturated rings. The van der Waals surface area contributed by atoms with Crippen molar-refractivity contribution in [1.29, 1.82) is 0 Å². The lowest BCUT2D eigenvalue weighted by Crippen LogP contribution is -2.47. The molecule has 3 aromatic rings. The fraction of sp³-hybridized carbons (Fsp3) is 0.333. The highest BCUT2D eigenvalue weighted by atomic mass is 16.3. The van der Waals surface area contributed by atoms with Gasteiger partial charge in [-0.15, -0.1) is 0 Å². The smallest absolute Gasteiger partial charge is 0.239 e. The van der Waals surface area contributed by atoms with Crippen LogP contribution in [0.3, 0.4) is 0 Å². The van der Waals surface area contributed by atoms with Gasteiger partial charge in [0.1, 0.15) is 11.6 Å². The molecule has 0 aliphatic carbocycles. The monoisotopic (exact) mass is 392 g/mol. The van der Waals surface area contributed by atoms with Crippen LogP contribution < -0.4 is 5.32 Å². The van der Waals surface area contributed by atoms with Gasteiger partial charge >= 0.3 is 0 Å². The normalized spacial score (nSPS) is 15.4. The number of aromatic nitrogens is 3. The highest BCUT2D eigenvalue weighted by Gasteiger charge is 2.18. The zero-order valence-corrected chi connectivity index (χ0v) is 16.6. The Bertz CT molecular complexity index is 980. The van der Waals surface area contributed by atoms with Crippen LogP contribution in [0.1, 0.15) is 5.76 Å². The molecule has 4 rings (SSSR count). The number of anilines is 1. The second-order valence-electron chi connectivity index (χ2n) is 7.21. The number of nitrogens with zero attached hydrogens (tertiary/aromatic N) is 5. The fourth-order valence-electron chi connectivity index (χ4n) is 3.21. The van der Waals surface area contributed by atoms with E-state index in [4.69, 9.17) is 4.42 Å². The molecule has 0 unspecified atom stereocenters. The molecule has 8 nitrogen and oxygen atoms in total. The van der Waals surface area contributed by atoms with Gasteiger partial charge in [-0.05, 0) is 38.2 Å². The van der Waals surface area contributed by atoms with Crippen molar-refractivity contribution in [1.82, 2.24) is 24.8 Å². The summed E-state index contributed by atoms with van der Waals surface area (Å²) in [5, 5.41) is 2.91. The van der Waals surface area contributed by atoms with Crippen LogP contribution in [0.2, 0.25) is 0 Å². The molecule has 4 heterocycles. The summed E-state index contributed by atoms with van der Waals surface area (Å²) < 4.78 is 5.68. The predicted molar refractivity (Wildman–Crippen MR) is 110 cm³/mol. The first kappa shape index (κ1) is 19.2. The first-order valence-corrected chi connectivity index (χ1v) is 9.65. The van der Waals surface area contributed by atoms with Crippen LogP contribution >= 0.6 is 0 Å². The number of nitrogens with one attached hydrogen (secondary N) is 1.